The maximum Gasteiger partial charge on any atom is 0.413 e. The topological polar surface area (TPSA) is 141 Å². The molecule has 1 aliphatic heterocycles. The number of hydrazine groups is 2. The van der Waals surface area contributed by atoms with Crippen molar-refractivity contribution in [2.45, 2.75) is 51.4 Å². The van der Waals surface area contributed by atoms with Gasteiger partial charge in [-0.1, -0.05) is 32.9 Å². The highest BCUT2D eigenvalue weighted by atomic mass is 19.4. The standard InChI is InChI=1S/C30H29F3N10/c1-28(2,3)16-37-26-18(12-35)13-36-25-17(11-34)9-19(10-21(25)26)39-27(20-5-4-6-23-22(20)14-38-40-23)24-15-43(42-41-24)29(7-8-29)30(31,32)33/h4-6,9-10,13-15,27,39,41-42H,7-8,16H2,1-3H3,(H,36,37)(H,38,40)/t27-/m0/s1. The van der Waals surface area contributed by atoms with E-state index in [0.29, 0.717) is 40.1 Å². The number of nitriles is 2. The molecule has 5 N–H and O–H groups in total. The number of aromatic nitrogens is 3. The molecule has 220 valence electrons. The van der Waals surface area contributed by atoms with Crippen LogP contribution < -0.4 is 21.6 Å². The van der Waals surface area contributed by atoms with Crippen LogP contribution in [0.25, 0.3) is 21.8 Å². The van der Waals surface area contributed by atoms with Crippen LogP contribution >= 0.6 is 0 Å². The van der Waals surface area contributed by atoms with Crippen LogP contribution in [0.3, 0.4) is 0 Å². The summed E-state index contributed by atoms with van der Waals surface area (Å²) >= 11 is 0. The summed E-state index contributed by atoms with van der Waals surface area (Å²) in [5.74, 6) is 0. The normalized spacial score (nSPS) is 16.7. The van der Waals surface area contributed by atoms with Crippen LogP contribution in [0.15, 0.2) is 54.6 Å². The minimum atomic E-state index is -4.41. The van der Waals surface area contributed by atoms with Crippen molar-refractivity contribution in [1.29, 1.82) is 10.5 Å². The number of aromatic amines is 1. The first-order valence-corrected chi connectivity index (χ1v) is 13.7. The van der Waals surface area contributed by atoms with Gasteiger partial charge in [0.15, 0.2) is 5.54 Å². The monoisotopic (exact) mass is 586 g/mol. The number of anilines is 2. The van der Waals surface area contributed by atoms with Crippen LogP contribution in [0.5, 0.6) is 0 Å². The molecule has 0 saturated heterocycles. The zero-order valence-electron chi connectivity index (χ0n) is 23.7. The molecule has 0 unspecified atom stereocenters. The zero-order chi connectivity index (χ0) is 30.6. The number of alkyl halides is 3. The van der Waals surface area contributed by atoms with E-state index < -0.39 is 17.8 Å². The molecule has 0 bridgehead atoms. The van der Waals surface area contributed by atoms with Gasteiger partial charge < -0.3 is 16.1 Å². The van der Waals surface area contributed by atoms with E-state index in [1.54, 1.807) is 18.3 Å². The third-order valence-electron chi connectivity index (χ3n) is 7.76. The van der Waals surface area contributed by atoms with Gasteiger partial charge in [-0.05, 0) is 42.0 Å². The number of fused-ring (bicyclic) bond motifs is 2. The lowest BCUT2D eigenvalue weighted by Crippen LogP contribution is -2.52. The first-order valence-electron chi connectivity index (χ1n) is 13.7. The van der Waals surface area contributed by atoms with Crippen molar-refractivity contribution in [2.24, 2.45) is 5.41 Å². The summed E-state index contributed by atoms with van der Waals surface area (Å²) in [5, 5.41) is 36.3. The number of hydrogen-bond donors (Lipinski definition) is 5. The Balaban J connectivity index is 1.47. The largest absolute Gasteiger partial charge is 0.413 e. The number of nitrogens with zero attached hydrogens (tertiary/aromatic N) is 5. The molecule has 10 nitrogen and oxygen atoms in total. The molecule has 2 aliphatic rings. The minimum absolute atomic E-state index is 0.0147. The number of hydrogen-bond acceptors (Lipinski definition) is 9. The quantitative estimate of drug-likeness (QED) is 0.184. The summed E-state index contributed by atoms with van der Waals surface area (Å²) in [6.07, 6.45) is 0.110. The second kappa shape index (κ2) is 10.1. The van der Waals surface area contributed by atoms with Crippen LogP contribution in [0.2, 0.25) is 0 Å². The van der Waals surface area contributed by atoms with E-state index in [2.05, 4.69) is 69.7 Å². The number of nitrogens with one attached hydrogen (secondary N) is 5. The molecule has 1 saturated carbocycles. The fraction of sp³-hybridized carbons (Fsp3) is 0.333. The van der Waals surface area contributed by atoms with E-state index in [1.807, 2.05) is 18.2 Å². The third-order valence-corrected chi connectivity index (χ3v) is 7.76. The average molecular weight is 587 g/mol. The molecule has 0 spiro atoms. The molecule has 0 amide bonds. The van der Waals surface area contributed by atoms with Crippen LogP contribution in [0.4, 0.5) is 24.5 Å². The van der Waals surface area contributed by atoms with Crippen LogP contribution in [0, 0.1) is 28.1 Å². The van der Waals surface area contributed by atoms with E-state index in [0.717, 1.165) is 21.5 Å². The molecule has 1 atom stereocenters. The van der Waals surface area contributed by atoms with Gasteiger partial charge in [0.1, 0.15) is 12.1 Å². The fourth-order valence-corrected chi connectivity index (χ4v) is 5.32. The van der Waals surface area contributed by atoms with Crippen LogP contribution in [-0.4, -0.2) is 38.5 Å². The number of benzene rings is 2. The van der Waals surface area contributed by atoms with E-state index in [-0.39, 0.29) is 23.8 Å². The Morgan fingerprint density at radius 2 is 1.84 bits per heavy atom. The predicted octanol–water partition coefficient (Wildman–Crippen LogP) is 5.73. The molecular formula is C30H29F3N10. The molecule has 13 heteroatoms. The lowest BCUT2D eigenvalue weighted by molar-refractivity contribution is -0.195. The van der Waals surface area contributed by atoms with Gasteiger partial charge in [0.05, 0.1) is 45.8 Å². The van der Waals surface area contributed by atoms with E-state index in [1.165, 1.54) is 12.4 Å². The second-order valence-corrected chi connectivity index (χ2v) is 12.1. The van der Waals surface area contributed by atoms with Crippen molar-refractivity contribution in [3.63, 3.8) is 0 Å². The predicted molar refractivity (Wildman–Crippen MR) is 156 cm³/mol. The highest BCUT2D eigenvalue weighted by molar-refractivity contribution is 5.99. The Morgan fingerprint density at radius 1 is 1.07 bits per heavy atom. The number of H-pyrrole nitrogens is 1. The summed E-state index contributed by atoms with van der Waals surface area (Å²) < 4.78 is 41.8. The Bertz CT molecular complexity index is 1830. The third kappa shape index (κ3) is 5.02. The number of halogens is 3. The highest BCUT2D eigenvalue weighted by Crippen LogP contribution is 2.54. The van der Waals surface area contributed by atoms with Gasteiger partial charge in [-0.2, -0.15) is 28.8 Å². The van der Waals surface area contributed by atoms with E-state index >= 15 is 0 Å². The Kier molecular flexibility index (Phi) is 6.58. The van der Waals surface area contributed by atoms with Gasteiger partial charge >= 0.3 is 6.18 Å². The zero-order valence-corrected chi connectivity index (χ0v) is 23.7. The molecular weight excluding hydrogens is 557 g/mol. The summed E-state index contributed by atoms with van der Waals surface area (Å²) in [6.45, 7) is 6.75. The number of pyridine rings is 1. The summed E-state index contributed by atoms with van der Waals surface area (Å²) in [5.41, 5.74) is 7.65. The van der Waals surface area contributed by atoms with E-state index in [9.17, 15) is 23.7 Å². The molecule has 2 aromatic heterocycles. The van der Waals surface area contributed by atoms with Gasteiger partial charge in [-0.25, -0.2) is 0 Å². The molecule has 0 radical (unpaired) electrons. The molecule has 2 aromatic carbocycles. The van der Waals surface area contributed by atoms with Gasteiger partial charge in [0.25, 0.3) is 0 Å². The van der Waals surface area contributed by atoms with Crippen molar-refractivity contribution >= 4 is 33.2 Å². The molecule has 43 heavy (non-hydrogen) atoms. The molecule has 4 aromatic rings. The van der Waals surface area contributed by atoms with Gasteiger partial charge in [-0.15, -0.1) is 5.53 Å². The molecule has 6 rings (SSSR count). The molecule has 1 aliphatic carbocycles. The smallest absolute Gasteiger partial charge is 0.383 e. The highest BCUT2D eigenvalue weighted by Gasteiger charge is 2.67. The SMILES string of the molecule is CC(C)(C)CNc1c(C#N)cnc2c(C#N)cc(N[C@H](C3=CN(C4(C(F)(F)F)CC4)NN3)c3cccc4[nH]ncc34)cc12. The first-order chi connectivity index (χ1) is 20.4. The summed E-state index contributed by atoms with van der Waals surface area (Å²) in [4.78, 5) is 4.41. The maximum absolute atomic E-state index is 13.9. The van der Waals surface area contributed by atoms with Gasteiger partial charge in [0.2, 0.25) is 0 Å². The van der Waals surface area contributed by atoms with Crippen LogP contribution in [0.1, 0.15) is 56.3 Å². The molecule has 3 heterocycles. The van der Waals surface area contributed by atoms with Crippen molar-refractivity contribution in [3.05, 3.63) is 71.3 Å². The van der Waals surface area contributed by atoms with E-state index in [4.69, 9.17) is 0 Å². The van der Waals surface area contributed by atoms with Gasteiger partial charge in [-0.3, -0.25) is 15.1 Å². The Hall–Kier alpha value is -5.01. The number of rotatable bonds is 7. The van der Waals surface area contributed by atoms with Gasteiger partial charge in [0, 0.05) is 35.4 Å². The first kappa shape index (κ1) is 28.1. The minimum Gasteiger partial charge on any atom is -0.383 e. The summed E-state index contributed by atoms with van der Waals surface area (Å²) in [6, 6.07) is 12.7. The molecule has 1 fully saturated rings. The average Bonchev–Trinajstić information content (AvgIpc) is 3.41. The van der Waals surface area contributed by atoms with Crippen molar-refractivity contribution in [3.8, 4) is 12.1 Å². The maximum atomic E-state index is 13.9. The summed E-state index contributed by atoms with van der Waals surface area (Å²) in [7, 11) is 0. The van der Waals surface area contributed by atoms with Crippen molar-refractivity contribution < 1.29 is 13.2 Å². The van der Waals surface area contributed by atoms with Crippen molar-refractivity contribution in [2.75, 3.05) is 17.2 Å². The fourth-order valence-electron chi connectivity index (χ4n) is 5.32. The lowest BCUT2D eigenvalue weighted by Gasteiger charge is -2.28. The lowest BCUT2D eigenvalue weighted by atomic mass is 9.96. The second-order valence-electron chi connectivity index (χ2n) is 12.1. The Morgan fingerprint density at radius 3 is 2.51 bits per heavy atom. The van der Waals surface area contributed by atoms with Crippen molar-refractivity contribution in [1.82, 2.24) is 31.2 Å². The Labute approximate surface area is 245 Å². The van der Waals surface area contributed by atoms with Crippen LogP contribution in [-0.2, 0) is 0 Å².